The highest BCUT2D eigenvalue weighted by molar-refractivity contribution is 5.88. The van der Waals surface area contributed by atoms with Gasteiger partial charge in [-0.3, -0.25) is 10.1 Å². The normalized spacial score (nSPS) is 10.3. The van der Waals surface area contributed by atoms with Crippen LogP contribution >= 0.6 is 0 Å². The van der Waals surface area contributed by atoms with Gasteiger partial charge < -0.3 is 5.32 Å². The number of fused-ring (bicyclic) bond motifs is 1. The van der Waals surface area contributed by atoms with Gasteiger partial charge in [0.2, 0.25) is 0 Å². The molecule has 3 aromatic rings. The first-order chi connectivity index (χ1) is 11.6. The van der Waals surface area contributed by atoms with E-state index in [9.17, 15) is 19.8 Å². The van der Waals surface area contributed by atoms with E-state index in [2.05, 4.69) is 10.3 Å². The Morgan fingerprint density at radius 3 is 2.79 bits per heavy atom. The summed E-state index contributed by atoms with van der Waals surface area (Å²) < 4.78 is 13.2. The summed E-state index contributed by atoms with van der Waals surface area (Å²) in [6.45, 7) is 0.341. The largest absolute Gasteiger partial charge is 0.366 e. The van der Waals surface area contributed by atoms with E-state index in [1.807, 2.05) is 6.07 Å². The summed E-state index contributed by atoms with van der Waals surface area (Å²) in [4.78, 5) is 14.7. The number of halogens is 1. The van der Waals surface area contributed by atoms with Gasteiger partial charge in [0.05, 0.1) is 22.1 Å². The standard InChI is InChI=1S/C17H11FN4O2/c18-13-3-1-2-11(6-13)10-20-17-7-12(9-19)15-8-14(22(23)24)4-5-16(15)21-17/h1-8H,10H2,(H,20,21). The maximum absolute atomic E-state index is 13.2. The second kappa shape index (κ2) is 6.30. The number of anilines is 1. The third kappa shape index (κ3) is 3.13. The molecule has 6 nitrogen and oxygen atoms in total. The highest BCUT2D eigenvalue weighted by atomic mass is 19.1. The Bertz CT molecular complexity index is 982. The number of pyridine rings is 1. The Kier molecular flexibility index (Phi) is 4.03. The van der Waals surface area contributed by atoms with E-state index in [-0.39, 0.29) is 17.1 Å². The highest BCUT2D eigenvalue weighted by Gasteiger charge is 2.11. The number of nitro groups is 1. The molecule has 0 aliphatic rings. The van der Waals surface area contributed by atoms with Crippen LogP contribution in [-0.4, -0.2) is 9.91 Å². The van der Waals surface area contributed by atoms with Crippen LogP contribution in [0.15, 0.2) is 48.5 Å². The maximum Gasteiger partial charge on any atom is 0.270 e. The maximum atomic E-state index is 13.2. The monoisotopic (exact) mass is 322 g/mol. The molecule has 0 aliphatic carbocycles. The Labute approximate surface area is 136 Å². The molecule has 0 aliphatic heterocycles. The second-order valence-electron chi connectivity index (χ2n) is 5.11. The van der Waals surface area contributed by atoms with Crippen LogP contribution in [0.2, 0.25) is 0 Å². The molecule has 1 N–H and O–H groups in total. The van der Waals surface area contributed by atoms with Crippen molar-refractivity contribution in [2.75, 3.05) is 5.32 Å². The van der Waals surface area contributed by atoms with Crippen molar-refractivity contribution in [1.29, 1.82) is 5.26 Å². The molecule has 0 radical (unpaired) electrons. The van der Waals surface area contributed by atoms with E-state index in [4.69, 9.17) is 0 Å². The summed E-state index contributed by atoms with van der Waals surface area (Å²) in [5.41, 5.74) is 1.40. The van der Waals surface area contributed by atoms with Crippen molar-refractivity contribution >= 4 is 22.4 Å². The van der Waals surface area contributed by atoms with Crippen molar-refractivity contribution in [1.82, 2.24) is 4.98 Å². The lowest BCUT2D eigenvalue weighted by Gasteiger charge is -2.08. The molecule has 0 atom stereocenters. The molecular formula is C17H11FN4O2. The van der Waals surface area contributed by atoms with Gasteiger partial charge in [0, 0.05) is 24.1 Å². The fourth-order valence-corrected chi connectivity index (χ4v) is 2.35. The molecule has 0 amide bonds. The molecule has 0 bridgehead atoms. The van der Waals surface area contributed by atoms with E-state index in [1.165, 1.54) is 36.4 Å². The lowest BCUT2D eigenvalue weighted by molar-refractivity contribution is -0.384. The predicted octanol–water partition coefficient (Wildman–Crippen LogP) is 3.77. The number of nitro benzene ring substituents is 1. The predicted molar refractivity (Wildman–Crippen MR) is 86.8 cm³/mol. The fourth-order valence-electron chi connectivity index (χ4n) is 2.35. The van der Waals surface area contributed by atoms with Crippen molar-refractivity contribution < 1.29 is 9.31 Å². The van der Waals surface area contributed by atoms with Crippen LogP contribution in [-0.2, 0) is 6.54 Å². The number of rotatable bonds is 4. The third-order valence-electron chi connectivity index (χ3n) is 3.49. The summed E-state index contributed by atoms with van der Waals surface area (Å²) in [7, 11) is 0. The first-order valence-corrected chi connectivity index (χ1v) is 7.04. The number of nitrogens with zero attached hydrogens (tertiary/aromatic N) is 3. The SMILES string of the molecule is N#Cc1cc(NCc2cccc(F)c2)nc2ccc([N+](=O)[O-])cc12. The van der Waals surface area contributed by atoms with Gasteiger partial charge in [-0.25, -0.2) is 9.37 Å². The Morgan fingerprint density at radius 1 is 1.25 bits per heavy atom. The van der Waals surface area contributed by atoms with Crippen molar-refractivity contribution in [2.45, 2.75) is 6.54 Å². The highest BCUT2D eigenvalue weighted by Crippen LogP contribution is 2.25. The molecule has 3 rings (SSSR count). The number of benzene rings is 2. The smallest absolute Gasteiger partial charge is 0.270 e. The number of hydrogen-bond acceptors (Lipinski definition) is 5. The molecule has 0 saturated carbocycles. The lowest BCUT2D eigenvalue weighted by atomic mass is 10.1. The van der Waals surface area contributed by atoms with Gasteiger partial charge in [0.25, 0.3) is 5.69 Å². The van der Waals surface area contributed by atoms with E-state index < -0.39 is 4.92 Å². The zero-order valence-corrected chi connectivity index (χ0v) is 12.4. The fraction of sp³-hybridized carbons (Fsp3) is 0.0588. The Morgan fingerprint density at radius 2 is 2.08 bits per heavy atom. The first kappa shape index (κ1) is 15.4. The molecule has 118 valence electrons. The molecule has 2 aromatic carbocycles. The second-order valence-corrected chi connectivity index (χ2v) is 5.11. The van der Waals surface area contributed by atoms with Crippen molar-refractivity contribution in [3.63, 3.8) is 0 Å². The van der Waals surface area contributed by atoms with Gasteiger partial charge in [-0.15, -0.1) is 0 Å². The van der Waals surface area contributed by atoms with Crippen molar-refractivity contribution in [3.8, 4) is 6.07 Å². The van der Waals surface area contributed by atoms with Crippen LogP contribution in [0.4, 0.5) is 15.9 Å². The minimum absolute atomic E-state index is 0.0960. The molecule has 0 saturated heterocycles. The van der Waals surface area contributed by atoms with Crippen LogP contribution in [0.3, 0.4) is 0 Å². The van der Waals surface area contributed by atoms with Crippen LogP contribution in [0, 0.1) is 27.3 Å². The van der Waals surface area contributed by atoms with Crippen LogP contribution < -0.4 is 5.32 Å². The van der Waals surface area contributed by atoms with Crippen LogP contribution in [0.5, 0.6) is 0 Å². The van der Waals surface area contributed by atoms with Crippen molar-refractivity contribution in [3.05, 3.63) is 75.6 Å². The van der Waals surface area contributed by atoms with Gasteiger partial charge >= 0.3 is 0 Å². The first-order valence-electron chi connectivity index (χ1n) is 7.04. The number of hydrogen-bond donors (Lipinski definition) is 1. The Hall–Kier alpha value is -3.53. The van der Waals surface area contributed by atoms with Gasteiger partial charge in [0.1, 0.15) is 11.6 Å². The van der Waals surface area contributed by atoms with E-state index >= 15 is 0 Å². The number of aromatic nitrogens is 1. The summed E-state index contributed by atoms with van der Waals surface area (Å²) in [5, 5.41) is 23.6. The minimum Gasteiger partial charge on any atom is -0.366 e. The third-order valence-corrected chi connectivity index (χ3v) is 3.49. The number of nitriles is 1. The molecule has 0 spiro atoms. The Balaban J connectivity index is 1.93. The van der Waals surface area contributed by atoms with E-state index in [0.29, 0.717) is 23.3 Å². The number of non-ortho nitro benzene ring substituents is 1. The molecule has 0 fully saturated rings. The summed E-state index contributed by atoms with van der Waals surface area (Å²) >= 11 is 0. The summed E-state index contributed by atoms with van der Waals surface area (Å²) in [6.07, 6.45) is 0. The van der Waals surface area contributed by atoms with Gasteiger partial charge in [0.15, 0.2) is 0 Å². The van der Waals surface area contributed by atoms with E-state index in [1.54, 1.807) is 12.1 Å². The minimum atomic E-state index is -0.517. The zero-order valence-electron chi connectivity index (χ0n) is 12.4. The lowest BCUT2D eigenvalue weighted by Crippen LogP contribution is -2.02. The summed E-state index contributed by atoms with van der Waals surface area (Å²) in [5.74, 6) is 0.114. The number of nitrogens with one attached hydrogen (secondary N) is 1. The van der Waals surface area contributed by atoms with Gasteiger partial charge in [-0.05, 0) is 29.8 Å². The van der Waals surface area contributed by atoms with Crippen LogP contribution in [0.25, 0.3) is 10.9 Å². The molecule has 24 heavy (non-hydrogen) atoms. The quantitative estimate of drug-likeness (QED) is 0.583. The average molecular weight is 322 g/mol. The molecule has 7 heteroatoms. The van der Waals surface area contributed by atoms with Crippen molar-refractivity contribution in [2.24, 2.45) is 0 Å². The molecule has 0 unspecified atom stereocenters. The average Bonchev–Trinajstić information content (AvgIpc) is 2.58. The van der Waals surface area contributed by atoms with Gasteiger partial charge in [-0.1, -0.05) is 12.1 Å². The topological polar surface area (TPSA) is 91.8 Å². The van der Waals surface area contributed by atoms with Gasteiger partial charge in [-0.2, -0.15) is 5.26 Å². The van der Waals surface area contributed by atoms with E-state index in [0.717, 1.165) is 5.56 Å². The molecule has 1 aromatic heterocycles. The molecular weight excluding hydrogens is 311 g/mol. The summed E-state index contributed by atoms with van der Waals surface area (Å²) in [6, 6.07) is 13.9. The zero-order chi connectivity index (χ0) is 17.1. The van der Waals surface area contributed by atoms with Crippen LogP contribution in [0.1, 0.15) is 11.1 Å². The molecule has 1 heterocycles.